The third-order valence-electron chi connectivity index (χ3n) is 4.82. The number of carbonyl (C=O) groups excluding carboxylic acids is 2. The minimum atomic E-state index is 0.260. The topological polar surface area (TPSA) is 78.6 Å². The summed E-state index contributed by atoms with van der Waals surface area (Å²) >= 11 is 0. The second kappa shape index (κ2) is 21.5. The van der Waals surface area contributed by atoms with E-state index in [0.29, 0.717) is 24.7 Å². The van der Waals surface area contributed by atoms with Gasteiger partial charge in [-0.2, -0.15) is 0 Å². The maximum atomic E-state index is 11.1. The van der Waals surface area contributed by atoms with Crippen LogP contribution in [0.4, 0.5) is 0 Å². The maximum absolute atomic E-state index is 11.1. The zero-order chi connectivity index (χ0) is 20.9. The normalized spacial score (nSPS) is 16.6. The molecule has 0 bridgehead atoms. The summed E-state index contributed by atoms with van der Waals surface area (Å²) in [5, 5.41) is 0. The Morgan fingerprint density at radius 2 is 1.63 bits per heavy atom. The van der Waals surface area contributed by atoms with Crippen molar-refractivity contribution in [1.82, 2.24) is 0 Å². The lowest BCUT2D eigenvalue weighted by Gasteiger charge is -2.25. The summed E-state index contributed by atoms with van der Waals surface area (Å²) in [6, 6.07) is 0. The Morgan fingerprint density at radius 3 is 1.96 bits per heavy atom. The Kier molecular flexibility index (Phi) is 22.7. The molecule has 0 aromatic heterocycles. The molecule has 0 atom stereocenters. The summed E-state index contributed by atoms with van der Waals surface area (Å²) in [5.41, 5.74) is 4.50. The number of ketones is 1. The maximum Gasteiger partial charge on any atom is 0.138 e. The number of nitrogens with two attached hydrogens (primary N) is 1. The molecule has 5 nitrogen and oxygen atoms in total. The van der Waals surface area contributed by atoms with Gasteiger partial charge in [0.25, 0.3) is 0 Å². The summed E-state index contributed by atoms with van der Waals surface area (Å²) in [6.07, 6.45) is 11.8. The van der Waals surface area contributed by atoms with Crippen molar-refractivity contribution in [2.24, 2.45) is 23.5 Å². The van der Waals surface area contributed by atoms with Crippen LogP contribution in [0.5, 0.6) is 0 Å². The Morgan fingerprint density at radius 1 is 1.07 bits per heavy atom. The highest BCUT2D eigenvalue weighted by atomic mass is 16.5. The summed E-state index contributed by atoms with van der Waals surface area (Å²) in [6.45, 7) is 8.23. The number of rotatable bonds is 8. The van der Waals surface area contributed by atoms with Crippen molar-refractivity contribution in [3.8, 4) is 0 Å². The van der Waals surface area contributed by atoms with Crippen molar-refractivity contribution in [2.45, 2.75) is 78.6 Å². The molecule has 0 aromatic rings. The average Bonchev–Trinajstić information content (AvgIpc) is 2.67. The van der Waals surface area contributed by atoms with Gasteiger partial charge in [0.15, 0.2) is 0 Å². The van der Waals surface area contributed by atoms with Crippen LogP contribution in [-0.4, -0.2) is 46.0 Å². The fourth-order valence-corrected chi connectivity index (χ4v) is 2.90. The van der Waals surface area contributed by atoms with Crippen molar-refractivity contribution in [3.05, 3.63) is 0 Å². The molecule has 2 aliphatic rings. The van der Waals surface area contributed by atoms with Crippen LogP contribution >= 0.6 is 0 Å². The number of carbonyl (C=O) groups is 2. The molecular weight excluding hydrogens is 342 g/mol. The van der Waals surface area contributed by atoms with E-state index in [1.54, 1.807) is 7.11 Å². The van der Waals surface area contributed by atoms with Crippen LogP contribution in [-0.2, 0) is 19.1 Å². The Labute approximate surface area is 167 Å². The molecule has 0 aromatic carbocycles. The highest BCUT2D eigenvalue weighted by molar-refractivity contribution is 5.83. The largest absolute Gasteiger partial charge is 0.385 e. The molecule has 2 aliphatic carbocycles. The molecule has 0 amide bonds. The van der Waals surface area contributed by atoms with Gasteiger partial charge in [0.05, 0.1) is 6.61 Å². The fourth-order valence-electron chi connectivity index (χ4n) is 2.90. The first-order chi connectivity index (χ1) is 13.1. The van der Waals surface area contributed by atoms with Crippen LogP contribution in [0.3, 0.4) is 0 Å². The third-order valence-corrected chi connectivity index (χ3v) is 4.82. The van der Waals surface area contributed by atoms with E-state index < -0.39 is 0 Å². The second-order valence-electron chi connectivity index (χ2n) is 7.30. The molecule has 0 unspecified atom stereocenters. The van der Waals surface area contributed by atoms with Gasteiger partial charge in [0.2, 0.25) is 0 Å². The standard InChI is InChI=1S/C10H18O2.C8H14O.C3H8O.CH5N/c11-7-4-8-12-9-10-5-2-1-3-6-10;1-6(2)8(9)7-4-3-5-7;1-3-4-2;1-2/h7,10H,1-6,8-9H2;6-7H,3-5H2,1-2H3;3H2,1-2H3;2H2,1H3. The monoisotopic (exact) mass is 387 g/mol. The number of aldehydes is 1. The lowest BCUT2D eigenvalue weighted by atomic mass is 9.79. The van der Waals surface area contributed by atoms with Gasteiger partial charge in [0.1, 0.15) is 12.1 Å². The molecule has 0 radical (unpaired) electrons. The quantitative estimate of drug-likeness (QED) is 0.493. The number of Topliss-reactive ketones (excluding diaryl/α,β-unsaturated/α-hetero) is 1. The predicted molar refractivity (Wildman–Crippen MR) is 113 cm³/mol. The van der Waals surface area contributed by atoms with E-state index >= 15 is 0 Å². The van der Waals surface area contributed by atoms with Gasteiger partial charge >= 0.3 is 0 Å². The highest BCUT2D eigenvalue weighted by Gasteiger charge is 2.26. The van der Waals surface area contributed by atoms with E-state index in [4.69, 9.17) is 4.74 Å². The molecule has 0 saturated heterocycles. The van der Waals surface area contributed by atoms with E-state index in [9.17, 15) is 9.59 Å². The number of ether oxygens (including phenoxy) is 2. The zero-order valence-corrected chi connectivity index (χ0v) is 18.5. The molecule has 0 spiro atoms. The van der Waals surface area contributed by atoms with Crippen LogP contribution in [0.2, 0.25) is 0 Å². The van der Waals surface area contributed by atoms with Gasteiger partial charge in [0, 0.05) is 38.6 Å². The van der Waals surface area contributed by atoms with E-state index in [2.05, 4.69) is 10.5 Å². The summed E-state index contributed by atoms with van der Waals surface area (Å²) in [5.74, 6) is 1.94. The summed E-state index contributed by atoms with van der Waals surface area (Å²) in [4.78, 5) is 21.1. The SMILES string of the molecule is CC(C)C(=O)C1CCC1.CCOC.CN.O=CCCOCC1CCCCC1. The minimum Gasteiger partial charge on any atom is -0.385 e. The molecule has 2 N–H and O–H groups in total. The molecule has 5 heteroatoms. The number of hydrogen-bond acceptors (Lipinski definition) is 5. The molecule has 2 saturated carbocycles. The second-order valence-corrected chi connectivity index (χ2v) is 7.30. The predicted octanol–water partition coefficient (Wildman–Crippen LogP) is 4.41. The lowest BCUT2D eigenvalue weighted by molar-refractivity contribution is -0.128. The Bertz CT molecular complexity index is 322. The first-order valence-corrected chi connectivity index (χ1v) is 10.7. The van der Waals surface area contributed by atoms with Crippen molar-refractivity contribution >= 4 is 12.1 Å². The summed E-state index contributed by atoms with van der Waals surface area (Å²) in [7, 11) is 3.18. The van der Waals surface area contributed by atoms with Crippen molar-refractivity contribution < 1.29 is 19.1 Å². The lowest BCUT2D eigenvalue weighted by Crippen LogP contribution is -2.25. The molecule has 0 aliphatic heterocycles. The van der Waals surface area contributed by atoms with Gasteiger partial charge in [-0.3, -0.25) is 4.79 Å². The molecule has 162 valence electrons. The van der Waals surface area contributed by atoms with Crippen LogP contribution in [0.1, 0.15) is 78.6 Å². The van der Waals surface area contributed by atoms with Gasteiger partial charge in [-0.05, 0) is 45.6 Å². The first kappa shape index (κ1) is 28.4. The van der Waals surface area contributed by atoms with Crippen molar-refractivity contribution in [2.75, 3.05) is 34.0 Å². The van der Waals surface area contributed by atoms with E-state index in [1.165, 1.54) is 45.6 Å². The van der Waals surface area contributed by atoms with E-state index in [1.807, 2.05) is 20.8 Å². The Hall–Kier alpha value is -0.780. The third kappa shape index (κ3) is 17.1. The number of methoxy groups -OCH3 is 1. The van der Waals surface area contributed by atoms with Gasteiger partial charge in [-0.25, -0.2) is 0 Å². The average molecular weight is 388 g/mol. The van der Waals surface area contributed by atoms with Gasteiger partial charge in [-0.15, -0.1) is 0 Å². The minimum absolute atomic E-state index is 0.260. The van der Waals surface area contributed by atoms with Crippen molar-refractivity contribution in [3.63, 3.8) is 0 Å². The van der Waals surface area contributed by atoms with E-state index in [0.717, 1.165) is 38.3 Å². The van der Waals surface area contributed by atoms with Crippen LogP contribution in [0.15, 0.2) is 0 Å². The van der Waals surface area contributed by atoms with Crippen LogP contribution in [0, 0.1) is 17.8 Å². The number of hydrogen-bond donors (Lipinski definition) is 1. The summed E-state index contributed by atoms with van der Waals surface area (Å²) < 4.78 is 9.92. The molecular formula is C22H45NO4. The van der Waals surface area contributed by atoms with Crippen LogP contribution in [0.25, 0.3) is 0 Å². The van der Waals surface area contributed by atoms with E-state index in [-0.39, 0.29) is 5.92 Å². The van der Waals surface area contributed by atoms with Gasteiger partial charge in [-0.1, -0.05) is 39.5 Å². The van der Waals surface area contributed by atoms with Crippen LogP contribution < -0.4 is 5.73 Å². The fraction of sp³-hybridized carbons (Fsp3) is 0.909. The molecule has 0 heterocycles. The molecule has 27 heavy (non-hydrogen) atoms. The molecule has 2 rings (SSSR count). The van der Waals surface area contributed by atoms with Crippen molar-refractivity contribution in [1.29, 1.82) is 0 Å². The first-order valence-electron chi connectivity index (χ1n) is 10.7. The highest BCUT2D eigenvalue weighted by Crippen LogP contribution is 2.29. The smallest absolute Gasteiger partial charge is 0.138 e. The Balaban J connectivity index is 0. The van der Waals surface area contributed by atoms with Gasteiger partial charge < -0.3 is 20.0 Å². The zero-order valence-electron chi connectivity index (χ0n) is 18.5. The molecule has 2 fully saturated rings.